The predicted octanol–water partition coefficient (Wildman–Crippen LogP) is 3.78. The van der Waals surface area contributed by atoms with Gasteiger partial charge in [-0.1, -0.05) is 75.7 Å². The molecule has 0 aliphatic rings. The topological polar surface area (TPSA) is 112 Å². The monoisotopic (exact) mass is 573 g/mol. The molecule has 0 spiro atoms. The first-order valence-electron chi connectivity index (χ1n) is 10.9. The molecular formula is C24H29BaN5O3. The maximum Gasteiger partial charge on any atom is 0.326 e. The van der Waals surface area contributed by atoms with Gasteiger partial charge in [0.25, 0.3) is 0 Å². The first-order valence-corrected chi connectivity index (χ1v) is 10.9. The Labute approximate surface area is 234 Å². The average Bonchev–Trinajstić information content (AvgIpc) is 3.32. The largest absolute Gasteiger partial charge is 0.480 e. The molecule has 2 aromatic carbocycles. The molecule has 2 N–H and O–H groups in total. The van der Waals surface area contributed by atoms with Gasteiger partial charge in [0.1, 0.15) is 6.04 Å². The zero-order valence-corrected chi connectivity index (χ0v) is 23.8. The Balaban J connectivity index is 0.00000385. The van der Waals surface area contributed by atoms with Gasteiger partial charge in [-0.05, 0) is 39.5 Å². The molecule has 3 rings (SSSR count). The number of unbranched alkanes of at least 4 members (excludes halogenated alkanes) is 1. The Morgan fingerprint density at radius 2 is 1.73 bits per heavy atom. The summed E-state index contributed by atoms with van der Waals surface area (Å²) in [7, 11) is 0. The molecule has 0 saturated heterocycles. The molecule has 2 radical (unpaired) electrons. The molecule has 8 nitrogen and oxygen atoms in total. The minimum Gasteiger partial charge on any atom is -0.480 e. The van der Waals surface area contributed by atoms with Crippen molar-refractivity contribution in [1.82, 2.24) is 25.5 Å². The molecule has 0 unspecified atom stereocenters. The summed E-state index contributed by atoms with van der Waals surface area (Å²) in [4.78, 5) is 26.3. The number of amides is 1. The SMILES string of the molecule is CCCCC(=O)N(Cc1ccc(-c2ccccc2-c2nnn[nH]2)cc1)[C@H](C(=O)O)C(C)C.[Ba]. The van der Waals surface area contributed by atoms with Crippen LogP contribution in [0.5, 0.6) is 0 Å². The van der Waals surface area contributed by atoms with Crippen LogP contribution in [-0.2, 0) is 16.1 Å². The van der Waals surface area contributed by atoms with Crippen molar-refractivity contribution >= 4 is 60.8 Å². The van der Waals surface area contributed by atoms with Crippen LogP contribution in [0.2, 0.25) is 0 Å². The minimum atomic E-state index is -0.976. The van der Waals surface area contributed by atoms with Gasteiger partial charge < -0.3 is 10.0 Å². The molecule has 0 saturated carbocycles. The van der Waals surface area contributed by atoms with Crippen LogP contribution in [0.25, 0.3) is 22.5 Å². The second-order valence-electron chi connectivity index (χ2n) is 8.14. The number of carboxylic acid groups (broad SMARTS) is 1. The minimum absolute atomic E-state index is 0. The van der Waals surface area contributed by atoms with Crippen LogP contribution < -0.4 is 0 Å². The summed E-state index contributed by atoms with van der Waals surface area (Å²) in [6.07, 6.45) is 1.98. The van der Waals surface area contributed by atoms with E-state index in [1.165, 1.54) is 4.90 Å². The standard InChI is InChI=1S/C24H29N5O3.Ba/c1-4-5-10-21(30)29(22(16(2)3)24(31)32)15-17-11-13-18(14-12-17)19-8-6-7-9-20(19)23-25-27-28-26-23;/h6-9,11-14,16,22H,4-5,10,15H2,1-3H3,(H,31,32)(H,25,26,27,28);/t22-;/m0./s1. The molecule has 0 aliphatic carbocycles. The molecule has 1 atom stereocenters. The summed E-state index contributed by atoms with van der Waals surface area (Å²) in [6, 6.07) is 14.8. The van der Waals surface area contributed by atoms with E-state index in [0.717, 1.165) is 35.1 Å². The van der Waals surface area contributed by atoms with Crippen LogP contribution in [0.1, 0.15) is 45.6 Å². The third-order valence-electron chi connectivity index (χ3n) is 5.43. The van der Waals surface area contributed by atoms with Gasteiger partial charge in [0.2, 0.25) is 5.91 Å². The van der Waals surface area contributed by atoms with Gasteiger partial charge in [-0.15, -0.1) is 5.10 Å². The van der Waals surface area contributed by atoms with Gasteiger partial charge in [-0.3, -0.25) is 4.79 Å². The summed E-state index contributed by atoms with van der Waals surface area (Å²) in [5, 5.41) is 23.9. The van der Waals surface area contributed by atoms with Gasteiger partial charge in [0.15, 0.2) is 5.82 Å². The Morgan fingerprint density at radius 3 is 2.27 bits per heavy atom. The normalized spacial score (nSPS) is 11.6. The van der Waals surface area contributed by atoms with Crippen molar-refractivity contribution in [2.45, 2.75) is 52.6 Å². The first kappa shape index (κ1) is 27.3. The van der Waals surface area contributed by atoms with Crippen molar-refractivity contribution in [2.24, 2.45) is 5.92 Å². The zero-order chi connectivity index (χ0) is 23.1. The predicted molar refractivity (Wildman–Crippen MR) is 127 cm³/mol. The summed E-state index contributed by atoms with van der Waals surface area (Å²) in [5.41, 5.74) is 3.71. The number of H-pyrrole nitrogens is 1. The molecule has 9 heteroatoms. The van der Waals surface area contributed by atoms with Crippen molar-refractivity contribution in [3.8, 4) is 22.5 Å². The van der Waals surface area contributed by atoms with E-state index >= 15 is 0 Å². The number of aromatic nitrogens is 4. The number of hydrogen-bond acceptors (Lipinski definition) is 5. The van der Waals surface area contributed by atoms with Crippen molar-refractivity contribution in [3.05, 3.63) is 54.1 Å². The number of nitrogens with zero attached hydrogens (tertiary/aromatic N) is 4. The number of carbonyl (C=O) groups is 2. The summed E-state index contributed by atoms with van der Waals surface area (Å²) in [6.45, 7) is 5.93. The number of tetrazole rings is 1. The van der Waals surface area contributed by atoms with Gasteiger partial charge in [-0.2, -0.15) is 0 Å². The maximum absolute atomic E-state index is 12.9. The average molecular weight is 573 g/mol. The van der Waals surface area contributed by atoms with E-state index in [-0.39, 0.29) is 67.3 Å². The second-order valence-corrected chi connectivity index (χ2v) is 8.14. The second kappa shape index (κ2) is 13.0. The quantitative estimate of drug-likeness (QED) is 0.358. The fourth-order valence-electron chi connectivity index (χ4n) is 3.79. The Kier molecular flexibility index (Phi) is 10.8. The number of nitrogens with one attached hydrogen (secondary N) is 1. The van der Waals surface area contributed by atoms with E-state index in [1.807, 2.05) is 69.3 Å². The van der Waals surface area contributed by atoms with Gasteiger partial charge in [0.05, 0.1) is 0 Å². The number of aliphatic carboxylic acids is 1. The van der Waals surface area contributed by atoms with E-state index in [1.54, 1.807) is 0 Å². The van der Waals surface area contributed by atoms with Gasteiger partial charge in [0, 0.05) is 67.4 Å². The molecule has 0 bridgehead atoms. The van der Waals surface area contributed by atoms with Crippen LogP contribution in [0, 0.1) is 5.92 Å². The molecule has 1 amide bonds. The summed E-state index contributed by atoms with van der Waals surface area (Å²) < 4.78 is 0. The number of hydrogen-bond donors (Lipinski definition) is 2. The molecular weight excluding hydrogens is 544 g/mol. The van der Waals surface area contributed by atoms with Crippen LogP contribution in [0.3, 0.4) is 0 Å². The smallest absolute Gasteiger partial charge is 0.326 e. The van der Waals surface area contributed by atoms with Gasteiger partial charge >= 0.3 is 5.97 Å². The molecule has 33 heavy (non-hydrogen) atoms. The first-order chi connectivity index (χ1) is 15.4. The fourth-order valence-corrected chi connectivity index (χ4v) is 3.79. The molecule has 0 aliphatic heterocycles. The molecule has 0 fully saturated rings. The number of aromatic amines is 1. The van der Waals surface area contributed by atoms with Crippen LogP contribution >= 0.6 is 0 Å². The van der Waals surface area contributed by atoms with Gasteiger partial charge in [-0.25, -0.2) is 9.89 Å². The molecule has 3 aromatic rings. The van der Waals surface area contributed by atoms with E-state index in [9.17, 15) is 14.7 Å². The van der Waals surface area contributed by atoms with Crippen molar-refractivity contribution in [2.75, 3.05) is 0 Å². The molecule has 1 aromatic heterocycles. The summed E-state index contributed by atoms with van der Waals surface area (Å²) >= 11 is 0. The van der Waals surface area contributed by atoms with E-state index in [0.29, 0.717) is 12.2 Å². The molecule has 1 heterocycles. The Hall–Kier alpha value is -1.98. The number of carboxylic acids is 1. The van der Waals surface area contributed by atoms with Crippen molar-refractivity contribution in [1.29, 1.82) is 0 Å². The van der Waals surface area contributed by atoms with E-state index in [4.69, 9.17) is 0 Å². The van der Waals surface area contributed by atoms with Crippen LogP contribution in [0.15, 0.2) is 48.5 Å². The van der Waals surface area contributed by atoms with Crippen molar-refractivity contribution < 1.29 is 14.7 Å². The fraction of sp³-hybridized carbons (Fsp3) is 0.375. The number of benzene rings is 2. The van der Waals surface area contributed by atoms with Crippen LogP contribution in [0.4, 0.5) is 0 Å². The zero-order valence-electron chi connectivity index (χ0n) is 19.4. The van der Waals surface area contributed by atoms with Crippen molar-refractivity contribution in [3.63, 3.8) is 0 Å². The summed E-state index contributed by atoms with van der Waals surface area (Å²) in [5.74, 6) is -0.713. The number of carbonyl (C=O) groups excluding carboxylic acids is 1. The van der Waals surface area contributed by atoms with Crippen LogP contribution in [-0.4, -0.2) is 97.4 Å². The van der Waals surface area contributed by atoms with E-state index in [2.05, 4.69) is 20.6 Å². The molecule has 170 valence electrons. The Bertz CT molecular complexity index is 1040. The maximum atomic E-state index is 12.9. The van der Waals surface area contributed by atoms with E-state index < -0.39 is 12.0 Å². The third kappa shape index (κ3) is 7.00. The number of rotatable bonds is 10. The Morgan fingerprint density at radius 1 is 1.06 bits per heavy atom. The third-order valence-corrected chi connectivity index (χ3v) is 5.43.